The molecule has 0 N–H and O–H groups in total. The van der Waals surface area contributed by atoms with Gasteiger partial charge in [0.1, 0.15) is 25.1 Å². The minimum Gasteiger partial charge on any atom is -0.462 e. The number of esters is 4. The maximum absolute atomic E-state index is 13.0. The second kappa shape index (κ2) is 41.1. The van der Waals surface area contributed by atoms with E-state index in [0.717, 1.165) is 134 Å². The van der Waals surface area contributed by atoms with Crippen molar-refractivity contribution in [2.75, 3.05) is 13.2 Å². The largest absolute Gasteiger partial charge is 0.462 e. The smallest absolute Gasteiger partial charge is 0.306 e. The minimum atomic E-state index is -0.834. The van der Waals surface area contributed by atoms with E-state index in [4.69, 9.17) is 18.9 Å². The van der Waals surface area contributed by atoms with E-state index < -0.39 is 6.10 Å². The molecule has 0 amide bonds. The van der Waals surface area contributed by atoms with Crippen LogP contribution in [0.25, 0.3) is 0 Å². The van der Waals surface area contributed by atoms with Crippen LogP contribution in [0.4, 0.5) is 0 Å². The Kier molecular flexibility index (Phi) is 35.6. The van der Waals surface area contributed by atoms with E-state index in [1.165, 1.54) is 135 Å². The van der Waals surface area contributed by atoms with E-state index in [9.17, 15) is 24.0 Å². The van der Waals surface area contributed by atoms with Gasteiger partial charge in [-0.1, -0.05) is 180 Å². The number of Topliss-reactive ketones (excluding diaryl/α,β-unsaturated/α-hetero) is 1. The average molecular weight is 1110 g/mol. The lowest BCUT2D eigenvalue weighted by atomic mass is 9.44. The van der Waals surface area contributed by atoms with Crippen LogP contribution in [0.15, 0.2) is 24.3 Å². The predicted molar refractivity (Wildman–Crippen MR) is 323 cm³/mol. The minimum absolute atomic E-state index is 0.0343. The van der Waals surface area contributed by atoms with Crippen molar-refractivity contribution >= 4 is 29.7 Å². The van der Waals surface area contributed by atoms with Gasteiger partial charge in [0, 0.05) is 31.6 Å². The fraction of sp³-hybridized carbons (Fsp3) is 0.871. The molecule has 0 spiro atoms. The molecule has 0 saturated heterocycles. The summed E-state index contributed by atoms with van der Waals surface area (Å²) in [6.07, 6.45) is 56.5. The first-order valence-corrected chi connectivity index (χ1v) is 33.9. The third-order valence-electron chi connectivity index (χ3n) is 19.9. The van der Waals surface area contributed by atoms with Crippen LogP contribution in [0.3, 0.4) is 0 Å². The highest BCUT2D eigenvalue weighted by Gasteiger charge is 2.61. The Morgan fingerprint density at radius 1 is 0.443 bits per heavy atom. The zero-order valence-corrected chi connectivity index (χ0v) is 51.8. The molecular weight excluding hydrogens is 985 g/mol. The fourth-order valence-corrected chi connectivity index (χ4v) is 15.0. The standard InChI is InChI=1S/C70H120O9/c1-6-8-10-12-14-16-18-20-22-24-26-28-30-34-38-42-65(72)76-55-60(56-77-66(73)43-39-35-31-29-27-25-23-21-19-17-15-13-11-9-7-2)79-68(75)45-41-37-33-32-36-40-44-67(74)78-59-50-52-69(4)58(54-59)46-47-61-63-49-48-62(57(3)71)70(63,5)53-51-64(61)69/h20-23,58-64H,6-19,24-56H2,1-5H3/b22-20-,23-21-/t58?,59-,61-,62+,63?,64?,69-,70+/m0/s1. The highest BCUT2D eigenvalue weighted by atomic mass is 16.6. The van der Waals surface area contributed by atoms with E-state index in [2.05, 4.69) is 52.0 Å². The molecule has 8 atom stereocenters. The van der Waals surface area contributed by atoms with Crippen molar-refractivity contribution in [1.82, 2.24) is 0 Å². The fourth-order valence-electron chi connectivity index (χ4n) is 15.0. The quantitative estimate of drug-likeness (QED) is 0.0254. The number of ketones is 1. The Balaban J connectivity index is 1.06. The molecule has 4 saturated carbocycles. The summed E-state index contributed by atoms with van der Waals surface area (Å²) in [4.78, 5) is 64.2. The first kappa shape index (κ1) is 68.5. The van der Waals surface area contributed by atoms with E-state index in [1.807, 2.05) is 6.92 Å². The highest BCUT2D eigenvalue weighted by molar-refractivity contribution is 5.79. The number of carbonyl (C=O) groups is 5. The molecule has 0 aromatic carbocycles. The van der Waals surface area contributed by atoms with Gasteiger partial charge in [-0.2, -0.15) is 0 Å². The molecule has 0 radical (unpaired) electrons. The topological polar surface area (TPSA) is 122 Å². The molecule has 3 unspecified atom stereocenters. The van der Waals surface area contributed by atoms with Crippen molar-refractivity contribution in [1.29, 1.82) is 0 Å². The molecule has 0 aromatic heterocycles. The maximum Gasteiger partial charge on any atom is 0.306 e. The normalized spacial score (nSPS) is 24.6. The van der Waals surface area contributed by atoms with Crippen molar-refractivity contribution in [3.05, 3.63) is 24.3 Å². The van der Waals surface area contributed by atoms with Gasteiger partial charge < -0.3 is 18.9 Å². The number of hydrogen-bond acceptors (Lipinski definition) is 9. The van der Waals surface area contributed by atoms with E-state index in [-0.39, 0.29) is 60.9 Å². The van der Waals surface area contributed by atoms with Crippen molar-refractivity contribution in [3.8, 4) is 0 Å². The van der Waals surface area contributed by atoms with Gasteiger partial charge in [-0.3, -0.25) is 24.0 Å². The number of fused-ring (bicyclic) bond motifs is 5. The summed E-state index contributed by atoms with van der Waals surface area (Å²) >= 11 is 0. The number of ether oxygens (including phenoxy) is 4. The Morgan fingerprint density at radius 3 is 1.32 bits per heavy atom. The number of hydrogen-bond donors (Lipinski definition) is 0. The molecule has 0 aliphatic heterocycles. The third-order valence-corrected chi connectivity index (χ3v) is 19.9. The summed E-state index contributed by atoms with van der Waals surface area (Å²) in [6.45, 7) is 11.1. The lowest BCUT2D eigenvalue weighted by Crippen LogP contribution is -2.54. The van der Waals surface area contributed by atoms with Crippen LogP contribution in [0.1, 0.15) is 324 Å². The number of rotatable bonds is 46. The summed E-state index contributed by atoms with van der Waals surface area (Å²) in [6, 6.07) is 0. The monoisotopic (exact) mass is 1100 g/mol. The van der Waals surface area contributed by atoms with E-state index >= 15 is 0 Å². The molecule has 4 aliphatic carbocycles. The van der Waals surface area contributed by atoms with Crippen molar-refractivity contribution < 1.29 is 42.9 Å². The summed E-state index contributed by atoms with van der Waals surface area (Å²) < 4.78 is 23.1. The first-order chi connectivity index (χ1) is 38.4. The lowest BCUT2D eigenvalue weighted by molar-refractivity contribution is -0.167. The van der Waals surface area contributed by atoms with Crippen LogP contribution in [-0.4, -0.2) is 55.1 Å². The molecule has 9 nitrogen and oxygen atoms in total. The lowest BCUT2D eigenvalue weighted by Gasteiger charge is -2.61. The molecule has 0 aromatic rings. The first-order valence-electron chi connectivity index (χ1n) is 33.9. The number of allylic oxidation sites excluding steroid dienone is 4. The van der Waals surface area contributed by atoms with Crippen LogP contribution >= 0.6 is 0 Å². The van der Waals surface area contributed by atoms with Gasteiger partial charge in [-0.05, 0) is 176 Å². The van der Waals surface area contributed by atoms with Crippen molar-refractivity contribution in [2.24, 2.45) is 40.4 Å². The van der Waals surface area contributed by atoms with Gasteiger partial charge in [0.05, 0.1) is 0 Å². The Labute approximate surface area is 484 Å². The Hall–Kier alpha value is -2.97. The highest BCUT2D eigenvalue weighted by Crippen LogP contribution is 2.67. The van der Waals surface area contributed by atoms with Crippen molar-refractivity contribution in [2.45, 2.75) is 336 Å². The van der Waals surface area contributed by atoms with E-state index in [0.29, 0.717) is 48.7 Å². The molecule has 4 aliphatic rings. The Bertz CT molecular complexity index is 1680. The molecule has 4 rings (SSSR count). The van der Waals surface area contributed by atoms with Gasteiger partial charge in [-0.25, -0.2) is 0 Å². The number of unbranched alkanes of at least 4 members (excludes halogenated alkanes) is 27. The molecule has 454 valence electrons. The van der Waals surface area contributed by atoms with E-state index in [1.54, 1.807) is 0 Å². The van der Waals surface area contributed by atoms with Gasteiger partial charge in [0.25, 0.3) is 0 Å². The molecule has 4 fully saturated rings. The SMILES string of the molecule is CCCCCCCC/C=C\CCCCCCCC(=O)OCC(COC(=O)CCCCCCC/C=C\CCCCCCCC)OC(=O)CCCCCCCCC(=O)O[C@H]1CC[C@@]2(C)C(CC[C@@H]3C2CC[C@@]2(C)C3CC[C@@H]2C(C)=O)C1. The van der Waals surface area contributed by atoms with Crippen LogP contribution in [-0.2, 0) is 42.9 Å². The predicted octanol–water partition coefficient (Wildman–Crippen LogP) is 19.3. The summed E-state index contributed by atoms with van der Waals surface area (Å²) in [5, 5.41) is 0. The zero-order valence-electron chi connectivity index (χ0n) is 51.8. The van der Waals surface area contributed by atoms with Crippen LogP contribution in [0.2, 0.25) is 0 Å². The molecular formula is C70H120O9. The van der Waals surface area contributed by atoms with Crippen LogP contribution in [0, 0.1) is 40.4 Å². The molecule has 79 heavy (non-hydrogen) atoms. The summed E-state index contributed by atoms with van der Waals surface area (Å²) in [5.74, 6) is 2.37. The van der Waals surface area contributed by atoms with Gasteiger partial charge in [0.15, 0.2) is 6.10 Å². The van der Waals surface area contributed by atoms with Gasteiger partial charge in [-0.15, -0.1) is 0 Å². The maximum atomic E-state index is 13.0. The second-order valence-corrected chi connectivity index (χ2v) is 26.1. The van der Waals surface area contributed by atoms with Gasteiger partial charge in [0.2, 0.25) is 0 Å². The van der Waals surface area contributed by atoms with Crippen LogP contribution < -0.4 is 0 Å². The summed E-state index contributed by atoms with van der Waals surface area (Å²) in [5.41, 5.74) is 0.506. The molecule has 9 heteroatoms. The Morgan fingerprint density at radius 2 is 0.848 bits per heavy atom. The number of carbonyl (C=O) groups excluding carboxylic acids is 5. The van der Waals surface area contributed by atoms with Crippen molar-refractivity contribution in [3.63, 3.8) is 0 Å². The molecule has 0 heterocycles. The molecule has 0 bridgehead atoms. The zero-order chi connectivity index (χ0) is 56.8. The average Bonchev–Trinajstić information content (AvgIpc) is 4.03. The second-order valence-electron chi connectivity index (χ2n) is 26.1. The summed E-state index contributed by atoms with van der Waals surface area (Å²) in [7, 11) is 0. The van der Waals surface area contributed by atoms with Crippen LogP contribution in [0.5, 0.6) is 0 Å². The van der Waals surface area contributed by atoms with Gasteiger partial charge >= 0.3 is 23.9 Å². The third kappa shape index (κ3) is 26.9.